The minimum Gasteiger partial charge on any atom is -0.449 e. The van der Waals surface area contributed by atoms with Crippen molar-refractivity contribution >= 4 is 46.3 Å². The van der Waals surface area contributed by atoms with Crippen LogP contribution in [0, 0.1) is 30.9 Å². The van der Waals surface area contributed by atoms with Gasteiger partial charge in [-0.25, -0.2) is 9.78 Å². The molecule has 1 heterocycles. The van der Waals surface area contributed by atoms with Gasteiger partial charge in [0, 0.05) is 22.8 Å². The Balaban J connectivity index is 1.72. The fourth-order valence-corrected chi connectivity index (χ4v) is 4.61. The van der Waals surface area contributed by atoms with Crippen LogP contribution in [0.2, 0.25) is 0 Å². The summed E-state index contributed by atoms with van der Waals surface area (Å²) in [7, 11) is 0. The second-order valence-corrected chi connectivity index (χ2v) is 9.30. The summed E-state index contributed by atoms with van der Waals surface area (Å²) in [5, 5.41) is 16.1. The number of nitro groups is 1. The van der Waals surface area contributed by atoms with Gasteiger partial charge in [0.1, 0.15) is 0 Å². The van der Waals surface area contributed by atoms with Crippen LogP contribution in [0.4, 0.5) is 11.4 Å². The standard InChI is InChI=1S/C22H21N3O5S2/c1-12-5-6-13(2)17(9-12)24-20(26)15(4)30-21(27)16-7-8-19(18(10-16)25(28)29)32-22-23-14(3)11-31-22/h5-11,15H,1-4H3,(H,24,26). The predicted molar refractivity (Wildman–Crippen MR) is 123 cm³/mol. The SMILES string of the molecule is Cc1ccc(C)c(NC(=O)C(C)OC(=O)c2ccc(Sc3nc(C)cs3)c([N+](=O)[O-])c2)c1. The number of carbonyl (C=O) groups is 2. The molecule has 0 radical (unpaired) electrons. The molecule has 1 aromatic heterocycles. The highest BCUT2D eigenvalue weighted by atomic mass is 32.2. The fourth-order valence-electron chi connectivity index (χ4n) is 2.73. The van der Waals surface area contributed by atoms with E-state index >= 15 is 0 Å². The number of hydrogen-bond donors (Lipinski definition) is 1. The van der Waals surface area contributed by atoms with Gasteiger partial charge in [-0.3, -0.25) is 14.9 Å². The predicted octanol–water partition coefficient (Wildman–Crippen LogP) is 5.31. The number of ether oxygens (including phenoxy) is 1. The van der Waals surface area contributed by atoms with Crippen molar-refractivity contribution in [3.05, 3.63) is 74.3 Å². The summed E-state index contributed by atoms with van der Waals surface area (Å²) in [5.41, 5.74) is 3.07. The first-order valence-electron chi connectivity index (χ1n) is 9.61. The Bertz CT molecular complexity index is 1190. The van der Waals surface area contributed by atoms with E-state index in [0.29, 0.717) is 14.9 Å². The zero-order chi connectivity index (χ0) is 23.4. The maximum atomic E-state index is 12.5. The molecule has 0 saturated carbocycles. The number of thiazole rings is 1. The molecular formula is C22H21N3O5S2. The number of carbonyl (C=O) groups excluding carboxylic acids is 2. The molecule has 0 aliphatic heterocycles. The van der Waals surface area contributed by atoms with Gasteiger partial charge in [-0.15, -0.1) is 11.3 Å². The Morgan fingerprint density at radius 3 is 2.59 bits per heavy atom. The molecule has 1 amide bonds. The number of hydrogen-bond acceptors (Lipinski definition) is 8. The van der Waals surface area contributed by atoms with E-state index in [4.69, 9.17) is 4.74 Å². The molecule has 1 unspecified atom stereocenters. The van der Waals surface area contributed by atoms with Crippen LogP contribution < -0.4 is 5.32 Å². The molecule has 0 saturated heterocycles. The van der Waals surface area contributed by atoms with E-state index in [0.717, 1.165) is 34.6 Å². The maximum Gasteiger partial charge on any atom is 0.339 e. The summed E-state index contributed by atoms with van der Waals surface area (Å²) < 4.78 is 5.91. The Morgan fingerprint density at radius 2 is 1.94 bits per heavy atom. The van der Waals surface area contributed by atoms with Gasteiger partial charge in [-0.1, -0.05) is 23.9 Å². The van der Waals surface area contributed by atoms with Crippen LogP contribution in [-0.4, -0.2) is 27.9 Å². The van der Waals surface area contributed by atoms with Crippen LogP contribution in [0.1, 0.15) is 34.1 Å². The minimum absolute atomic E-state index is 0.0113. The number of aromatic nitrogens is 1. The van der Waals surface area contributed by atoms with Crippen LogP contribution in [0.3, 0.4) is 0 Å². The van der Waals surface area contributed by atoms with Crippen LogP contribution >= 0.6 is 23.1 Å². The highest BCUT2D eigenvalue weighted by molar-refractivity contribution is 8.01. The number of rotatable bonds is 7. The molecule has 3 aromatic rings. The summed E-state index contributed by atoms with van der Waals surface area (Å²) in [6.45, 7) is 7.05. The molecule has 0 bridgehead atoms. The third-order valence-corrected chi connectivity index (χ3v) is 6.61. The summed E-state index contributed by atoms with van der Waals surface area (Å²) in [5.74, 6) is -1.31. The molecule has 2 aromatic carbocycles. The first-order chi connectivity index (χ1) is 15.1. The van der Waals surface area contributed by atoms with E-state index in [-0.39, 0.29) is 11.3 Å². The lowest BCUT2D eigenvalue weighted by atomic mass is 10.1. The molecule has 0 aliphatic rings. The Hall–Kier alpha value is -3.24. The van der Waals surface area contributed by atoms with Crippen molar-refractivity contribution in [2.45, 2.75) is 43.0 Å². The lowest BCUT2D eigenvalue weighted by molar-refractivity contribution is -0.387. The van der Waals surface area contributed by atoms with Gasteiger partial charge in [0.15, 0.2) is 10.4 Å². The van der Waals surface area contributed by atoms with Crippen LogP contribution in [0.15, 0.2) is 51.0 Å². The number of esters is 1. The van der Waals surface area contributed by atoms with Crippen molar-refractivity contribution in [3.8, 4) is 0 Å². The lowest BCUT2D eigenvalue weighted by Crippen LogP contribution is -2.30. The van der Waals surface area contributed by atoms with Crippen molar-refractivity contribution in [2.75, 3.05) is 5.32 Å². The highest BCUT2D eigenvalue weighted by Crippen LogP contribution is 2.37. The average molecular weight is 472 g/mol. The summed E-state index contributed by atoms with van der Waals surface area (Å²) in [6.07, 6.45) is -1.09. The lowest BCUT2D eigenvalue weighted by Gasteiger charge is -2.15. The first kappa shape index (κ1) is 23.4. The quantitative estimate of drug-likeness (QED) is 0.282. The Kier molecular flexibility index (Phi) is 7.26. The molecular weight excluding hydrogens is 450 g/mol. The van der Waals surface area contributed by atoms with Gasteiger partial charge in [0.25, 0.3) is 11.6 Å². The minimum atomic E-state index is -1.09. The average Bonchev–Trinajstić information content (AvgIpc) is 3.15. The molecule has 1 N–H and O–H groups in total. The number of nitro benzene ring substituents is 1. The van der Waals surface area contributed by atoms with E-state index in [1.54, 1.807) is 0 Å². The number of nitrogens with one attached hydrogen (secondary N) is 1. The third kappa shape index (κ3) is 5.71. The Morgan fingerprint density at radius 1 is 1.19 bits per heavy atom. The van der Waals surface area contributed by atoms with Crippen molar-refractivity contribution in [2.24, 2.45) is 0 Å². The number of anilines is 1. The molecule has 0 fully saturated rings. The molecule has 0 aliphatic carbocycles. The van der Waals surface area contributed by atoms with Crippen LogP contribution in [0.25, 0.3) is 0 Å². The smallest absolute Gasteiger partial charge is 0.339 e. The second-order valence-electron chi connectivity index (χ2n) is 7.15. The van der Waals surface area contributed by atoms with E-state index in [9.17, 15) is 19.7 Å². The third-order valence-electron chi connectivity index (χ3n) is 4.49. The summed E-state index contributed by atoms with van der Waals surface area (Å²) in [6, 6.07) is 9.71. The zero-order valence-corrected chi connectivity index (χ0v) is 19.5. The molecule has 1 atom stereocenters. The summed E-state index contributed by atoms with van der Waals surface area (Å²) >= 11 is 2.54. The van der Waals surface area contributed by atoms with Gasteiger partial charge >= 0.3 is 5.97 Å². The highest BCUT2D eigenvalue weighted by Gasteiger charge is 2.23. The van der Waals surface area contributed by atoms with E-state index in [1.165, 1.54) is 30.4 Å². The van der Waals surface area contributed by atoms with Gasteiger partial charge in [-0.05, 0) is 57.0 Å². The number of amides is 1. The topological polar surface area (TPSA) is 111 Å². The molecule has 166 valence electrons. The maximum absolute atomic E-state index is 12.5. The van der Waals surface area contributed by atoms with Crippen LogP contribution in [0.5, 0.6) is 0 Å². The fraction of sp³-hybridized carbons (Fsp3) is 0.227. The van der Waals surface area contributed by atoms with Crippen molar-refractivity contribution < 1.29 is 19.2 Å². The summed E-state index contributed by atoms with van der Waals surface area (Å²) in [4.78, 5) is 40.6. The molecule has 8 nitrogen and oxygen atoms in total. The van der Waals surface area contributed by atoms with E-state index in [1.807, 2.05) is 44.4 Å². The van der Waals surface area contributed by atoms with E-state index in [2.05, 4.69) is 10.3 Å². The number of benzene rings is 2. The van der Waals surface area contributed by atoms with Crippen LogP contribution in [-0.2, 0) is 9.53 Å². The van der Waals surface area contributed by atoms with Gasteiger partial charge < -0.3 is 10.1 Å². The van der Waals surface area contributed by atoms with Gasteiger partial charge in [0.2, 0.25) is 0 Å². The Labute approximate surface area is 193 Å². The van der Waals surface area contributed by atoms with Crippen molar-refractivity contribution in [1.82, 2.24) is 4.98 Å². The normalized spacial score (nSPS) is 11.6. The second kappa shape index (κ2) is 9.92. The largest absolute Gasteiger partial charge is 0.449 e. The van der Waals surface area contributed by atoms with Gasteiger partial charge in [0.05, 0.1) is 15.4 Å². The number of aryl methyl sites for hydroxylation is 3. The molecule has 10 heteroatoms. The number of nitrogens with zero attached hydrogens (tertiary/aromatic N) is 2. The van der Waals surface area contributed by atoms with Gasteiger partial charge in [-0.2, -0.15) is 0 Å². The molecule has 3 rings (SSSR count). The first-order valence-corrected chi connectivity index (χ1v) is 11.3. The monoisotopic (exact) mass is 471 g/mol. The zero-order valence-electron chi connectivity index (χ0n) is 17.9. The van der Waals surface area contributed by atoms with E-state index < -0.39 is 22.9 Å². The molecule has 32 heavy (non-hydrogen) atoms. The van der Waals surface area contributed by atoms with Crippen molar-refractivity contribution in [3.63, 3.8) is 0 Å². The molecule has 0 spiro atoms. The van der Waals surface area contributed by atoms with Crippen molar-refractivity contribution in [1.29, 1.82) is 0 Å².